The number of alkyl halides is 3. The molecule has 1 N–H and O–H groups in total. The minimum absolute atomic E-state index is 0.306. The average molecular weight is 215 g/mol. The van der Waals surface area contributed by atoms with E-state index in [1.165, 1.54) is 12.1 Å². The quantitative estimate of drug-likeness (QED) is 0.817. The number of hydrogen-bond acceptors (Lipinski definition) is 1. The molecule has 1 aromatic carbocycles. The van der Waals surface area contributed by atoms with Crippen molar-refractivity contribution in [2.45, 2.75) is 31.6 Å². The molecule has 0 heterocycles. The first-order valence-corrected chi connectivity index (χ1v) is 4.96. The normalized spacial score (nSPS) is 16.7. The fourth-order valence-corrected chi connectivity index (χ4v) is 1.49. The van der Waals surface area contributed by atoms with Crippen LogP contribution in [0, 0.1) is 0 Å². The Morgan fingerprint density at radius 2 is 1.87 bits per heavy atom. The van der Waals surface area contributed by atoms with E-state index in [0.717, 1.165) is 18.9 Å². The van der Waals surface area contributed by atoms with Gasteiger partial charge in [0, 0.05) is 12.6 Å². The maximum Gasteiger partial charge on any atom is 0.416 e. The summed E-state index contributed by atoms with van der Waals surface area (Å²) in [4.78, 5) is 0. The van der Waals surface area contributed by atoms with Crippen molar-refractivity contribution in [1.29, 1.82) is 0 Å². The number of benzene rings is 1. The molecule has 0 aliphatic heterocycles. The zero-order valence-corrected chi connectivity index (χ0v) is 8.14. The van der Waals surface area contributed by atoms with Gasteiger partial charge in [0.05, 0.1) is 5.56 Å². The van der Waals surface area contributed by atoms with E-state index < -0.39 is 11.7 Å². The lowest BCUT2D eigenvalue weighted by molar-refractivity contribution is -0.138. The molecule has 0 radical (unpaired) electrons. The number of hydrogen-bond donors (Lipinski definition) is 1. The highest BCUT2D eigenvalue weighted by atomic mass is 19.4. The van der Waals surface area contributed by atoms with Gasteiger partial charge in [-0.15, -0.1) is 0 Å². The van der Waals surface area contributed by atoms with Gasteiger partial charge >= 0.3 is 6.18 Å². The summed E-state index contributed by atoms with van der Waals surface area (Å²) in [5.41, 5.74) is -0.199. The number of rotatable bonds is 3. The van der Waals surface area contributed by atoms with Crippen molar-refractivity contribution in [2.75, 3.05) is 0 Å². The summed E-state index contributed by atoms with van der Waals surface area (Å²) in [6.45, 7) is 0.306. The molecule has 0 amide bonds. The Morgan fingerprint density at radius 1 is 1.20 bits per heavy atom. The molecular weight excluding hydrogens is 203 g/mol. The van der Waals surface area contributed by atoms with Gasteiger partial charge in [-0.1, -0.05) is 18.2 Å². The standard InChI is InChI=1S/C11H12F3N/c12-11(13,14)10-4-2-1-3-8(10)7-15-9-5-6-9/h1-4,9,15H,5-7H2. The summed E-state index contributed by atoms with van der Waals surface area (Å²) in [7, 11) is 0. The molecule has 0 saturated heterocycles. The van der Waals surface area contributed by atoms with Crippen molar-refractivity contribution >= 4 is 0 Å². The van der Waals surface area contributed by atoms with Gasteiger partial charge in [0.25, 0.3) is 0 Å². The van der Waals surface area contributed by atoms with E-state index >= 15 is 0 Å². The van der Waals surface area contributed by atoms with Crippen molar-refractivity contribution < 1.29 is 13.2 Å². The van der Waals surface area contributed by atoms with E-state index in [9.17, 15) is 13.2 Å². The highest BCUT2D eigenvalue weighted by Gasteiger charge is 2.33. The van der Waals surface area contributed by atoms with Gasteiger partial charge < -0.3 is 5.32 Å². The third kappa shape index (κ3) is 2.72. The first-order valence-electron chi connectivity index (χ1n) is 4.96. The van der Waals surface area contributed by atoms with Gasteiger partial charge in [-0.3, -0.25) is 0 Å². The average Bonchev–Trinajstić information content (AvgIpc) is 2.97. The third-order valence-electron chi connectivity index (χ3n) is 2.48. The number of nitrogens with one attached hydrogen (secondary N) is 1. The van der Waals surface area contributed by atoms with Crippen molar-refractivity contribution in [3.8, 4) is 0 Å². The van der Waals surface area contributed by atoms with Crippen LogP contribution in [0.5, 0.6) is 0 Å². The van der Waals surface area contributed by atoms with Gasteiger partial charge in [0.1, 0.15) is 0 Å². The van der Waals surface area contributed by atoms with Crippen LogP contribution in [-0.2, 0) is 12.7 Å². The molecule has 4 heteroatoms. The smallest absolute Gasteiger partial charge is 0.310 e. The summed E-state index contributed by atoms with van der Waals surface area (Å²) in [5.74, 6) is 0. The first kappa shape index (κ1) is 10.5. The highest BCUT2D eigenvalue weighted by Crippen LogP contribution is 2.32. The summed E-state index contributed by atoms with van der Waals surface area (Å²) >= 11 is 0. The predicted molar refractivity (Wildman–Crippen MR) is 51.3 cm³/mol. The minimum atomic E-state index is -4.25. The Kier molecular flexibility index (Phi) is 2.69. The maximum absolute atomic E-state index is 12.6. The molecule has 0 unspecified atom stereocenters. The van der Waals surface area contributed by atoms with E-state index in [4.69, 9.17) is 0 Å². The molecule has 0 bridgehead atoms. The second kappa shape index (κ2) is 3.85. The zero-order chi connectivity index (χ0) is 10.9. The SMILES string of the molecule is FC(F)(F)c1ccccc1CNC1CC1. The van der Waals surface area contributed by atoms with E-state index in [0.29, 0.717) is 18.2 Å². The molecule has 0 atom stereocenters. The van der Waals surface area contributed by atoms with Crippen LogP contribution in [0.3, 0.4) is 0 Å². The largest absolute Gasteiger partial charge is 0.416 e. The summed E-state index contributed by atoms with van der Waals surface area (Å²) in [6, 6.07) is 6.14. The molecular formula is C11H12F3N. The van der Waals surface area contributed by atoms with Crippen LogP contribution < -0.4 is 5.32 Å². The van der Waals surface area contributed by atoms with Crippen LogP contribution in [0.1, 0.15) is 24.0 Å². The van der Waals surface area contributed by atoms with E-state index in [1.807, 2.05) is 0 Å². The van der Waals surface area contributed by atoms with Gasteiger partial charge in [-0.25, -0.2) is 0 Å². The Balaban J connectivity index is 2.13. The topological polar surface area (TPSA) is 12.0 Å². The second-order valence-electron chi connectivity index (χ2n) is 3.81. The van der Waals surface area contributed by atoms with E-state index in [1.54, 1.807) is 6.07 Å². The fourth-order valence-electron chi connectivity index (χ4n) is 1.49. The summed E-state index contributed by atoms with van der Waals surface area (Å²) < 4.78 is 37.7. The van der Waals surface area contributed by atoms with Gasteiger partial charge in [-0.05, 0) is 24.5 Å². The lowest BCUT2D eigenvalue weighted by Gasteiger charge is -2.12. The summed E-state index contributed by atoms with van der Waals surface area (Å²) in [6.07, 6.45) is -2.09. The number of halogens is 3. The lowest BCUT2D eigenvalue weighted by Crippen LogP contribution is -2.19. The Labute approximate surface area is 86.3 Å². The van der Waals surface area contributed by atoms with Crippen molar-refractivity contribution in [1.82, 2.24) is 5.32 Å². The monoisotopic (exact) mass is 215 g/mol. The van der Waals surface area contributed by atoms with Gasteiger partial charge in [-0.2, -0.15) is 13.2 Å². The van der Waals surface area contributed by atoms with E-state index in [2.05, 4.69) is 5.32 Å². The molecule has 1 nitrogen and oxygen atoms in total. The molecule has 0 spiro atoms. The Hall–Kier alpha value is -1.03. The molecule has 82 valence electrons. The molecule has 1 aliphatic carbocycles. The van der Waals surface area contributed by atoms with Crippen LogP contribution in [0.15, 0.2) is 24.3 Å². The molecule has 1 saturated carbocycles. The zero-order valence-electron chi connectivity index (χ0n) is 8.14. The Bertz CT molecular complexity index is 342. The summed E-state index contributed by atoms with van der Waals surface area (Å²) in [5, 5.41) is 3.09. The predicted octanol–water partition coefficient (Wildman–Crippen LogP) is 2.96. The van der Waals surface area contributed by atoms with Gasteiger partial charge in [0.15, 0.2) is 0 Å². The molecule has 15 heavy (non-hydrogen) atoms. The van der Waals surface area contributed by atoms with Crippen LogP contribution in [-0.4, -0.2) is 6.04 Å². The van der Waals surface area contributed by atoms with Gasteiger partial charge in [0.2, 0.25) is 0 Å². The molecule has 1 aliphatic rings. The minimum Gasteiger partial charge on any atom is -0.310 e. The Morgan fingerprint density at radius 3 is 2.47 bits per heavy atom. The van der Waals surface area contributed by atoms with Crippen LogP contribution in [0.25, 0.3) is 0 Å². The van der Waals surface area contributed by atoms with Crippen molar-refractivity contribution in [3.05, 3.63) is 35.4 Å². The maximum atomic E-state index is 12.6. The van der Waals surface area contributed by atoms with Crippen molar-refractivity contribution in [2.24, 2.45) is 0 Å². The highest BCUT2D eigenvalue weighted by molar-refractivity contribution is 5.29. The first-order chi connectivity index (χ1) is 7.07. The molecule has 1 aromatic rings. The third-order valence-corrected chi connectivity index (χ3v) is 2.48. The van der Waals surface area contributed by atoms with Crippen LogP contribution in [0.2, 0.25) is 0 Å². The molecule has 1 fully saturated rings. The molecule has 2 rings (SSSR count). The fraction of sp³-hybridized carbons (Fsp3) is 0.455. The molecule has 0 aromatic heterocycles. The lowest BCUT2D eigenvalue weighted by atomic mass is 10.1. The van der Waals surface area contributed by atoms with Crippen LogP contribution in [0.4, 0.5) is 13.2 Å². The van der Waals surface area contributed by atoms with Crippen molar-refractivity contribution in [3.63, 3.8) is 0 Å². The van der Waals surface area contributed by atoms with E-state index in [-0.39, 0.29) is 0 Å². The second-order valence-corrected chi connectivity index (χ2v) is 3.81. The van der Waals surface area contributed by atoms with Crippen LogP contribution >= 0.6 is 0 Å².